The number of carbonyl (C=O) groups is 1. The van der Waals surface area contributed by atoms with E-state index in [0.29, 0.717) is 12.1 Å². The van der Waals surface area contributed by atoms with E-state index in [4.69, 9.17) is 0 Å². The van der Waals surface area contributed by atoms with Crippen LogP contribution >= 0.6 is 0 Å². The van der Waals surface area contributed by atoms with Crippen molar-refractivity contribution in [1.29, 1.82) is 0 Å². The molecule has 5 nitrogen and oxygen atoms in total. The van der Waals surface area contributed by atoms with Gasteiger partial charge in [0.25, 0.3) is 5.91 Å². The van der Waals surface area contributed by atoms with E-state index >= 15 is 0 Å². The van der Waals surface area contributed by atoms with Crippen molar-refractivity contribution < 1.29 is 4.79 Å². The highest BCUT2D eigenvalue weighted by atomic mass is 16.1. The summed E-state index contributed by atoms with van der Waals surface area (Å²) >= 11 is 0. The Morgan fingerprint density at radius 3 is 2.83 bits per heavy atom. The van der Waals surface area contributed by atoms with E-state index in [1.807, 2.05) is 37.3 Å². The molecule has 1 amide bonds. The maximum Gasteiger partial charge on any atom is 0.254 e. The molecule has 2 heterocycles. The first kappa shape index (κ1) is 15.6. The predicted octanol–water partition coefficient (Wildman–Crippen LogP) is 2.53. The number of nitrogens with zero attached hydrogens (tertiary/aromatic N) is 2. The van der Waals surface area contributed by atoms with E-state index in [2.05, 4.69) is 20.6 Å². The van der Waals surface area contributed by atoms with E-state index < -0.39 is 0 Å². The van der Waals surface area contributed by atoms with Crippen LogP contribution in [0.2, 0.25) is 0 Å². The summed E-state index contributed by atoms with van der Waals surface area (Å²) in [6, 6.07) is 10.1. The van der Waals surface area contributed by atoms with E-state index in [-0.39, 0.29) is 11.9 Å². The number of carbonyl (C=O) groups excluding carboxylic acids is 1. The molecule has 1 aromatic carbocycles. The topological polar surface area (TPSA) is 66.9 Å². The zero-order valence-corrected chi connectivity index (χ0v) is 13.4. The second kappa shape index (κ2) is 7.33. The van der Waals surface area contributed by atoms with Crippen LogP contribution in [0.5, 0.6) is 0 Å². The third kappa shape index (κ3) is 3.93. The van der Waals surface area contributed by atoms with Gasteiger partial charge < -0.3 is 10.6 Å². The molecule has 1 fully saturated rings. The molecule has 1 saturated heterocycles. The highest BCUT2D eigenvalue weighted by Gasteiger charge is 2.19. The summed E-state index contributed by atoms with van der Waals surface area (Å²) < 4.78 is 0. The number of hydrogen-bond donors (Lipinski definition) is 2. The zero-order valence-electron chi connectivity index (χ0n) is 13.4. The Labute approximate surface area is 136 Å². The van der Waals surface area contributed by atoms with Gasteiger partial charge in [-0.15, -0.1) is 0 Å². The molecule has 5 heteroatoms. The second-order valence-corrected chi connectivity index (χ2v) is 5.90. The molecule has 2 aromatic rings. The number of piperidine rings is 1. The summed E-state index contributed by atoms with van der Waals surface area (Å²) in [6.45, 7) is 3.38. The van der Waals surface area contributed by atoms with Gasteiger partial charge in [-0.25, -0.2) is 9.97 Å². The van der Waals surface area contributed by atoms with Gasteiger partial charge in [0.15, 0.2) is 0 Å². The minimum Gasteiger partial charge on any atom is -0.348 e. The minimum absolute atomic E-state index is 0.130. The molecule has 0 bridgehead atoms. The molecule has 23 heavy (non-hydrogen) atoms. The van der Waals surface area contributed by atoms with Crippen molar-refractivity contribution in [1.82, 2.24) is 20.6 Å². The number of aromatic nitrogens is 2. The first-order valence-corrected chi connectivity index (χ1v) is 8.13. The van der Waals surface area contributed by atoms with E-state index in [1.54, 1.807) is 6.20 Å². The van der Waals surface area contributed by atoms with E-state index in [1.165, 1.54) is 12.8 Å². The highest BCUT2D eigenvalue weighted by molar-refractivity contribution is 5.94. The number of benzene rings is 1. The van der Waals surface area contributed by atoms with Crippen molar-refractivity contribution in [3.8, 4) is 0 Å². The lowest BCUT2D eigenvalue weighted by Crippen LogP contribution is -2.29. The molecule has 1 aromatic heterocycles. The van der Waals surface area contributed by atoms with Gasteiger partial charge in [-0.05, 0) is 31.9 Å². The van der Waals surface area contributed by atoms with Crippen LogP contribution in [0.25, 0.3) is 0 Å². The molecule has 1 atom stereocenters. The van der Waals surface area contributed by atoms with Crippen molar-refractivity contribution in [2.24, 2.45) is 0 Å². The summed E-state index contributed by atoms with van der Waals surface area (Å²) in [6.07, 6.45) is 5.10. The van der Waals surface area contributed by atoms with Crippen molar-refractivity contribution in [3.05, 3.63) is 59.2 Å². The number of aryl methyl sites for hydroxylation is 1. The van der Waals surface area contributed by atoms with E-state index in [9.17, 15) is 4.79 Å². The third-order valence-corrected chi connectivity index (χ3v) is 4.16. The Hall–Kier alpha value is -2.27. The molecular formula is C18H22N4O. The molecule has 120 valence electrons. The third-order valence-electron chi connectivity index (χ3n) is 4.16. The van der Waals surface area contributed by atoms with Gasteiger partial charge in [-0.1, -0.05) is 36.8 Å². The zero-order chi connectivity index (χ0) is 16.1. The van der Waals surface area contributed by atoms with Gasteiger partial charge in [-0.3, -0.25) is 4.79 Å². The van der Waals surface area contributed by atoms with Crippen LogP contribution in [-0.4, -0.2) is 22.4 Å². The Morgan fingerprint density at radius 2 is 2.13 bits per heavy atom. The van der Waals surface area contributed by atoms with Crippen LogP contribution in [0.3, 0.4) is 0 Å². The minimum atomic E-state index is -0.130. The Bertz CT molecular complexity index is 666. The fourth-order valence-corrected chi connectivity index (χ4v) is 2.82. The van der Waals surface area contributed by atoms with Gasteiger partial charge >= 0.3 is 0 Å². The molecule has 1 aliphatic rings. The normalized spacial score (nSPS) is 17.7. The molecule has 1 aliphatic heterocycles. The van der Waals surface area contributed by atoms with Crippen molar-refractivity contribution in [2.45, 2.75) is 38.8 Å². The summed E-state index contributed by atoms with van der Waals surface area (Å²) in [5.41, 5.74) is 2.34. The van der Waals surface area contributed by atoms with Crippen LogP contribution in [0.4, 0.5) is 0 Å². The smallest absolute Gasteiger partial charge is 0.254 e. The Morgan fingerprint density at radius 1 is 1.30 bits per heavy atom. The molecule has 0 unspecified atom stereocenters. The van der Waals surface area contributed by atoms with Gasteiger partial charge in [0.1, 0.15) is 5.82 Å². The van der Waals surface area contributed by atoms with Crippen LogP contribution < -0.4 is 10.6 Å². The number of hydrogen-bond acceptors (Lipinski definition) is 4. The molecule has 0 aliphatic carbocycles. The largest absolute Gasteiger partial charge is 0.348 e. The quantitative estimate of drug-likeness (QED) is 0.910. The molecule has 0 saturated carbocycles. The Kier molecular flexibility index (Phi) is 4.98. The average molecular weight is 310 g/mol. The van der Waals surface area contributed by atoms with Crippen LogP contribution in [0, 0.1) is 6.92 Å². The van der Waals surface area contributed by atoms with Gasteiger partial charge in [0.2, 0.25) is 0 Å². The lowest BCUT2D eigenvalue weighted by atomic mass is 10.0. The highest BCUT2D eigenvalue weighted by Crippen LogP contribution is 2.20. The molecule has 2 N–H and O–H groups in total. The number of amides is 1. The molecule has 0 spiro atoms. The first-order chi connectivity index (χ1) is 11.2. The first-order valence-electron chi connectivity index (χ1n) is 8.13. The van der Waals surface area contributed by atoms with Crippen LogP contribution in [0.15, 0.2) is 36.5 Å². The maximum atomic E-state index is 12.3. The molecular weight excluding hydrogens is 288 g/mol. The number of nitrogens with one attached hydrogen (secondary N) is 2. The summed E-state index contributed by atoms with van der Waals surface area (Å²) in [5, 5.41) is 6.35. The standard InChI is InChI=1S/C18H22N4O/c1-13-15(18(23)21-11-14-7-3-2-4-8-14)12-20-17(22-13)16-9-5-6-10-19-16/h2-4,7-8,12,16,19H,5-6,9-11H2,1H3,(H,21,23)/t16-/m0/s1. The van der Waals surface area contributed by atoms with Gasteiger partial charge in [0, 0.05) is 12.7 Å². The fraction of sp³-hybridized carbons (Fsp3) is 0.389. The Balaban J connectivity index is 1.66. The lowest BCUT2D eigenvalue weighted by molar-refractivity contribution is 0.0949. The summed E-state index contributed by atoms with van der Waals surface area (Å²) in [7, 11) is 0. The van der Waals surface area contributed by atoms with E-state index in [0.717, 1.165) is 30.0 Å². The maximum absolute atomic E-state index is 12.3. The average Bonchev–Trinajstić information content (AvgIpc) is 2.61. The predicted molar refractivity (Wildman–Crippen MR) is 89.0 cm³/mol. The molecule has 3 rings (SSSR count). The summed E-state index contributed by atoms with van der Waals surface area (Å²) in [5.74, 6) is 0.663. The second-order valence-electron chi connectivity index (χ2n) is 5.90. The SMILES string of the molecule is Cc1nc([C@@H]2CCCCN2)ncc1C(=O)NCc1ccccc1. The van der Waals surface area contributed by atoms with Crippen molar-refractivity contribution >= 4 is 5.91 Å². The van der Waals surface area contributed by atoms with Gasteiger partial charge in [-0.2, -0.15) is 0 Å². The van der Waals surface area contributed by atoms with Crippen molar-refractivity contribution in [2.75, 3.05) is 6.54 Å². The molecule has 0 radical (unpaired) electrons. The number of rotatable bonds is 4. The fourth-order valence-electron chi connectivity index (χ4n) is 2.82. The van der Waals surface area contributed by atoms with Gasteiger partial charge in [0.05, 0.1) is 17.3 Å². The summed E-state index contributed by atoms with van der Waals surface area (Å²) in [4.78, 5) is 21.3. The van der Waals surface area contributed by atoms with Crippen molar-refractivity contribution in [3.63, 3.8) is 0 Å². The monoisotopic (exact) mass is 310 g/mol. The van der Waals surface area contributed by atoms with Crippen LogP contribution in [-0.2, 0) is 6.54 Å². The van der Waals surface area contributed by atoms with Crippen LogP contribution in [0.1, 0.15) is 52.7 Å². The lowest BCUT2D eigenvalue weighted by Gasteiger charge is -2.22.